The van der Waals surface area contributed by atoms with Crippen LogP contribution in [-0.4, -0.2) is 40.8 Å². The van der Waals surface area contributed by atoms with Crippen molar-refractivity contribution in [2.75, 3.05) is 25.7 Å². The SMILES string of the molecule is CCCCCCCOCOC1CCC[SiH](CCCS)NCC1. The van der Waals surface area contributed by atoms with Gasteiger partial charge in [-0.25, -0.2) is 0 Å². The van der Waals surface area contributed by atoms with Crippen LogP contribution in [0.2, 0.25) is 12.1 Å². The molecular weight excluding hydrogens is 310 g/mol. The molecule has 0 bridgehead atoms. The van der Waals surface area contributed by atoms with Gasteiger partial charge in [0.2, 0.25) is 0 Å². The van der Waals surface area contributed by atoms with Crippen molar-refractivity contribution in [3.63, 3.8) is 0 Å². The fraction of sp³-hybridized carbons (Fsp3) is 1.00. The molecule has 5 heteroatoms. The normalized spacial score (nSPS) is 23.2. The van der Waals surface area contributed by atoms with Crippen LogP contribution >= 0.6 is 12.6 Å². The van der Waals surface area contributed by atoms with Crippen LogP contribution in [0.25, 0.3) is 0 Å². The first kappa shape index (κ1) is 20.5. The zero-order valence-electron chi connectivity index (χ0n) is 14.5. The van der Waals surface area contributed by atoms with Crippen LogP contribution in [0, 0.1) is 0 Å². The van der Waals surface area contributed by atoms with Gasteiger partial charge in [0.15, 0.2) is 0 Å². The summed E-state index contributed by atoms with van der Waals surface area (Å²) in [6.45, 7) is 4.72. The number of hydrogen-bond donors (Lipinski definition) is 2. The van der Waals surface area contributed by atoms with Gasteiger partial charge in [0.05, 0.1) is 6.10 Å². The van der Waals surface area contributed by atoms with E-state index in [1.54, 1.807) is 0 Å². The predicted octanol–water partition coefficient (Wildman–Crippen LogP) is 4.13. The van der Waals surface area contributed by atoms with Gasteiger partial charge >= 0.3 is 0 Å². The van der Waals surface area contributed by atoms with Crippen LogP contribution in [0.3, 0.4) is 0 Å². The molecule has 0 aromatic heterocycles. The molecule has 3 nitrogen and oxygen atoms in total. The minimum atomic E-state index is -0.683. The van der Waals surface area contributed by atoms with Gasteiger partial charge < -0.3 is 14.5 Å². The maximum atomic E-state index is 5.90. The zero-order chi connectivity index (χ0) is 15.9. The molecule has 2 unspecified atom stereocenters. The third kappa shape index (κ3) is 11.1. The summed E-state index contributed by atoms with van der Waals surface area (Å²) in [5.41, 5.74) is 0. The second-order valence-electron chi connectivity index (χ2n) is 6.47. The first-order chi connectivity index (χ1) is 10.9. The van der Waals surface area contributed by atoms with E-state index in [-0.39, 0.29) is 0 Å². The highest BCUT2D eigenvalue weighted by molar-refractivity contribution is 7.80. The Kier molecular flexibility index (Phi) is 14.0. The molecule has 0 saturated carbocycles. The van der Waals surface area contributed by atoms with Crippen molar-refractivity contribution in [2.45, 2.75) is 82.9 Å². The van der Waals surface area contributed by atoms with Gasteiger partial charge in [-0.15, -0.1) is 0 Å². The van der Waals surface area contributed by atoms with E-state index in [1.807, 2.05) is 0 Å². The fourth-order valence-corrected chi connectivity index (χ4v) is 6.27. The van der Waals surface area contributed by atoms with E-state index in [4.69, 9.17) is 9.47 Å². The zero-order valence-corrected chi connectivity index (χ0v) is 16.6. The molecule has 0 aromatic rings. The molecule has 1 fully saturated rings. The van der Waals surface area contributed by atoms with Gasteiger partial charge in [0.1, 0.15) is 15.8 Å². The number of thiol groups is 1. The fourth-order valence-electron chi connectivity index (χ4n) is 3.05. The maximum Gasteiger partial charge on any atom is 0.147 e. The summed E-state index contributed by atoms with van der Waals surface area (Å²) < 4.78 is 11.5. The molecule has 0 radical (unpaired) electrons. The number of ether oxygens (including phenoxy) is 2. The largest absolute Gasteiger partial charge is 0.355 e. The van der Waals surface area contributed by atoms with Gasteiger partial charge in [0.25, 0.3) is 0 Å². The van der Waals surface area contributed by atoms with E-state index >= 15 is 0 Å². The Hall–Kier alpha value is 0.447. The van der Waals surface area contributed by atoms with E-state index in [0.29, 0.717) is 12.9 Å². The standard InChI is InChI=1S/C17H37NO2SSi/c1-2-3-4-5-6-12-19-16-20-17-9-7-14-22(15-8-13-21)18-11-10-17/h17-18,21-22H,2-16H2,1H3. The molecule has 0 aromatic carbocycles. The molecule has 1 rings (SSSR count). The average Bonchev–Trinajstić information content (AvgIpc) is 2.50. The lowest BCUT2D eigenvalue weighted by Crippen LogP contribution is -2.38. The number of unbranched alkanes of at least 4 members (excludes halogenated alkanes) is 4. The number of hydrogen-bond acceptors (Lipinski definition) is 4. The minimum Gasteiger partial charge on any atom is -0.355 e. The third-order valence-corrected chi connectivity index (χ3v) is 7.86. The highest BCUT2D eigenvalue weighted by Gasteiger charge is 2.17. The Bertz CT molecular complexity index is 237. The maximum absolute atomic E-state index is 5.90. The summed E-state index contributed by atoms with van der Waals surface area (Å²) in [4.78, 5) is 3.80. The van der Waals surface area contributed by atoms with Crippen LogP contribution in [0.15, 0.2) is 0 Å². The van der Waals surface area contributed by atoms with E-state index in [0.717, 1.165) is 25.3 Å². The van der Waals surface area contributed by atoms with Crippen LogP contribution in [0.4, 0.5) is 0 Å². The number of rotatable bonds is 12. The van der Waals surface area contributed by atoms with Crippen molar-refractivity contribution >= 4 is 21.6 Å². The lowest BCUT2D eigenvalue weighted by Gasteiger charge is -2.25. The molecule has 2 atom stereocenters. The molecule has 0 spiro atoms. The topological polar surface area (TPSA) is 30.5 Å². The molecule has 0 amide bonds. The quantitative estimate of drug-likeness (QED) is 0.241. The Morgan fingerprint density at radius 3 is 2.82 bits per heavy atom. The Morgan fingerprint density at radius 1 is 1.14 bits per heavy atom. The highest BCUT2D eigenvalue weighted by atomic mass is 32.1. The van der Waals surface area contributed by atoms with E-state index in [1.165, 1.54) is 63.5 Å². The summed E-state index contributed by atoms with van der Waals surface area (Å²) >= 11 is 4.32. The predicted molar refractivity (Wildman–Crippen MR) is 102 cm³/mol. The highest BCUT2D eigenvalue weighted by Crippen LogP contribution is 2.15. The summed E-state index contributed by atoms with van der Waals surface area (Å²) in [5.74, 6) is 1.03. The van der Waals surface area contributed by atoms with Crippen molar-refractivity contribution in [3.8, 4) is 0 Å². The summed E-state index contributed by atoms with van der Waals surface area (Å²) in [6.07, 6.45) is 11.8. The second-order valence-corrected chi connectivity index (χ2v) is 9.87. The van der Waals surface area contributed by atoms with Crippen LogP contribution in [0.5, 0.6) is 0 Å². The molecule has 22 heavy (non-hydrogen) atoms. The monoisotopic (exact) mass is 347 g/mol. The summed E-state index contributed by atoms with van der Waals surface area (Å²) in [7, 11) is -0.683. The minimum absolute atomic E-state index is 0.396. The molecule has 0 aliphatic carbocycles. The Balaban J connectivity index is 1.96. The van der Waals surface area contributed by atoms with Crippen molar-refractivity contribution in [3.05, 3.63) is 0 Å². The van der Waals surface area contributed by atoms with Crippen LogP contribution in [-0.2, 0) is 9.47 Å². The van der Waals surface area contributed by atoms with Crippen LogP contribution < -0.4 is 4.98 Å². The van der Waals surface area contributed by atoms with Gasteiger partial charge in [-0.3, -0.25) is 0 Å². The smallest absolute Gasteiger partial charge is 0.147 e. The molecule has 1 aliphatic rings. The van der Waals surface area contributed by atoms with E-state index in [2.05, 4.69) is 24.5 Å². The molecule has 1 heterocycles. The summed E-state index contributed by atoms with van der Waals surface area (Å²) in [6, 6.07) is 2.81. The van der Waals surface area contributed by atoms with Crippen molar-refractivity contribution < 1.29 is 9.47 Å². The Morgan fingerprint density at radius 2 is 2.00 bits per heavy atom. The van der Waals surface area contributed by atoms with Crippen molar-refractivity contribution in [1.82, 2.24) is 4.98 Å². The average molecular weight is 348 g/mol. The van der Waals surface area contributed by atoms with E-state index in [9.17, 15) is 0 Å². The van der Waals surface area contributed by atoms with Crippen molar-refractivity contribution in [1.29, 1.82) is 0 Å². The number of nitrogens with one attached hydrogen (secondary N) is 1. The molecule has 132 valence electrons. The van der Waals surface area contributed by atoms with Gasteiger partial charge in [0, 0.05) is 6.61 Å². The second kappa shape index (κ2) is 15.0. The lowest BCUT2D eigenvalue weighted by atomic mass is 10.1. The lowest BCUT2D eigenvalue weighted by molar-refractivity contribution is -0.0940. The summed E-state index contributed by atoms with van der Waals surface area (Å²) in [5, 5.41) is 0. The first-order valence-corrected chi connectivity index (χ1v) is 12.2. The molecule has 1 aliphatic heterocycles. The Labute approximate surface area is 145 Å². The van der Waals surface area contributed by atoms with Gasteiger partial charge in [-0.2, -0.15) is 12.6 Å². The molecule has 1 saturated heterocycles. The van der Waals surface area contributed by atoms with Crippen LogP contribution in [0.1, 0.15) is 64.7 Å². The third-order valence-electron chi connectivity index (χ3n) is 4.47. The van der Waals surface area contributed by atoms with Gasteiger partial charge in [-0.1, -0.05) is 39.0 Å². The van der Waals surface area contributed by atoms with E-state index < -0.39 is 8.96 Å². The van der Waals surface area contributed by atoms with Gasteiger partial charge in [-0.05, 0) is 50.1 Å². The molecule has 1 N–H and O–H groups in total. The first-order valence-electron chi connectivity index (χ1n) is 9.40. The van der Waals surface area contributed by atoms with Crippen molar-refractivity contribution in [2.24, 2.45) is 0 Å². The molecular formula is C17H37NO2SSi.